The van der Waals surface area contributed by atoms with Crippen molar-refractivity contribution in [2.75, 3.05) is 14.1 Å². The SMILES string of the molecule is CC(OC(=O)c1c(CBr)cccc1CBr)N(C)C. The van der Waals surface area contributed by atoms with Gasteiger partial charge in [-0.05, 0) is 32.1 Å². The highest BCUT2D eigenvalue weighted by Crippen LogP contribution is 2.21. The summed E-state index contributed by atoms with van der Waals surface area (Å²) in [6.07, 6.45) is -0.246. The van der Waals surface area contributed by atoms with Crippen LogP contribution in [0.15, 0.2) is 18.2 Å². The number of alkyl halides is 2. The van der Waals surface area contributed by atoms with Crippen LogP contribution in [0.4, 0.5) is 0 Å². The Morgan fingerprint density at radius 3 is 2.17 bits per heavy atom. The van der Waals surface area contributed by atoms with Gasteiger partial charge in [-0.25, -0.2) is 4.79 Å². The molecule has 0 bridgehead atoms. The lowest BCUT2D eigenvalue weighted by Crippen LogP contribution is -2.30. The molecule has 1 atom stereocenters. The Labute approximate surface area is 125 Å². The number of halogens is 2. The zero-order valence-electron chi connectivity index (χ0n) is 10.7. The normalized spacial score (nSPS) is 12.6. The van der Waals surface area contributed by atoms with Crippen molar-refractivity contribution in [3.05, 3.63) is 34.9 Å². The zero-order valence-corrected chi connectivity index (χ0v) is 13.9. The van der Waals surface area contributed by atoms with E-state index in [1.807, 2.05) is 44.1 Å². The third-order valence-corrected chi connectivity index (χ3v) is 3.94. The highest BCUT2D eigenvalue weighted by Gasteiger charge is 2.19. The van der Waals surface area contributed by atoms with E-state index in [-0.39, 0.29) is 12.2 Å². The minimum absolute atomic E-state index is 0.246. The van der Waals surface area contributed by atoms with Crippen molar-refractivity contribution in [2.24, 2.45) is 0 Å². The Balaban J connectivity index is 3.03. The Hall–Kier alpha value is -0.390. The van der Waals surface area contributed by atoms with Crippen LogP contribution in [-0.4, -0.2) is 31.2 Å². The standard InChI is InChI=1S/C13H17Br2NO2/c1-9(16(2)3)18-13(17)12-10(7-14)5-4-6-11(12)8-15/h4-6,9H,7-8H2,1-3H3. The summed E-state index contributed by atoms with van der Waals surface area (Å²) in [5.74, 6) is -0.277. The lowest BCUT2D eigenvalue weighted by molar-refractivity contribution is -0.00561. The molecule has 0 fully saturated rings. The van der Waals surface area contributed by atoms with E-state index in [2.05, 4.69) is 31.9 Å². The summed E-state index contributed by atoms with van der Waals surface area (Å²) in [5.41, 5.74) is 2.55. The van der Waals surface area contributed by atoms with Crippen molar-refractivity contribution in [1.29, 1.82) is 0 Å². The average molecular weight is 379 g/mol. The summed E-state index contributed by atoms with van der Waals surface area (Å²) in [5, 5.41) is 1.27. The van der Waals surface area contributed by atoms with Crippen LogP contribution < -0.4 is 0 Å². The topological polar surface area (TPSA) is 29.5 Å². The van der Waals surface area contributed by atoms with E-state index in [4.69, 9.17) is 4.74 Å². The Morgan fingerprint density at radius 2 is 1.78 bits per heavy atom. The molecular formula is C13H17Br2NO2. The number of ether oxygens (including phenoxy) is 1. The lowest BCUT2D eigenvalue weighted by Gasteiger charge is -2.21. The van der Waals surface area contributed by atoms with Gasteiger partial charge in [0.1, 0.15) is 0 Å². The molecule has 1 unspecified atom stereocenters. The quantitative estimate of drug-likeness (QED) is 0.446. The predicted molar refractivity (Wildman–Crippen MR) is 80.3 cm³/mol. The molecule has 0 N–H and O–H groups in total. The largest absolute Gasteiger partial charge is 0.443 e. The Bertz CT molecular complexity index is 399. The molecule has 18 heavy (non-hydrogen) atoms. The monoisotopic (exact) mass is 377 g/mol. The van der Waals surface area contributed by atoms with Crippen molar-refractivity contribution in [1.82, 2.24) is 4.90 Å². The molecule has 1 rings (SSSR count). The van der Waals surface area contributed by atoms with Crippen LogP contribution in [0.1, 0.15) is 28.4 Å². The van der Waals surface area contributed by atoms with Gasteiger partial charge in [-0.2, -0.15) is 0 Å². The Morgan fingerprint density at radius 1 is 1.28 bits per heavy atom. The molecule has 0 saturated carbocycles. The van der Waals surface area contributed by atoms with Crippen molar-refractivity contribution in [3.8, 4) is 0 Å². The van der Waals surface area contributed by atoms with Gasteiger partial charge in [-0.1, -0.05) is 50.1 Å². The first-order chi connectivity index (χ1) is 8.51. The molecule has 5 heteroatoms. The third kappa shape index (κ3) is 3.80. The minimum atomic E-state index is -0.277. The molecule has 1 aromatic carbocycles. The molecule has 3 nitrogen and oxygen atoms in total. The van der Waals surface area contributed by atoms with Gasteiger partial charge in [0.15, 0.2) is 6.23 Å². The smallest absolute Gasteiger partial charge is 0.340 e. The van der Waals surface area contributed by atoms with Crippen molar-refractivity contribution < 1.29 is 9.53 Å². The summed E-state index contributed by atoms with van der Waals surface area (Å²) >= 11 is 6.80. The number of esters is 1. The average Bonchev–Trinajstić information content (AvgIpc) is 2.37. The number of nitrogens with zero attached hydrogens (tertiary/aromatic N) is 1. The third-order valence-electron chi connectivity index (χ3n) is 2.73. The van der Waals surface area contributed by atoms with E-state index in [9.17, 15) is 4.79 Å². The molecule has 0 aliphatic rings. The Kier molecular flexibility index (Phi) is 6.32. The second kappa shape index (κ2) is 7.26. The minimum Gasteiger partial charge on any atom is -0.443 e. The van der Waals surface area contributed by atoms with Gasteiger partial charge < -0.3 is 4.74 Å². The van der Waals surface area contributed by atoms with Crippen LogP contribution in [0.25, 0.3) is 0 Å². The number of hydrogen-bond donors (Lipinski definition) is 0. The van der Waals surface area contributed by atoms with Crippen LogP contribution in [0.2, 0.25) is 0 Å². The molecule has 100 valence electrons. The molecule has 0 radical (unpaired) electrons. The molecule has 0 saturated heterocycles. The summed E-state index contributed by atoms with van der Waals surface area (Å²) in [6, 6.07) is 5.80. The molecule has 0 aliphatic heterocycles. The highest BCUT2D eigenvalue weighted by atomic mass is 79.9. The van der Waals surface area contributed by atoms with E-state index in [1.54, 1.807) is 0 Å². The van der Waals surface area contributed by atoms with Gasteiger partial charge in [0, 0.05) is 10.7 Å². The molecule has 0 aliphatic carbocycles. The maximum atomic E-state index is 12.2. The molecule has 0 heterocycles. The van der Waals surface area contributed by atoms with E-state index in [0.29, 0.717) is 16.2 Å². The maximum absolute atomic E-state index is 12.2. The molecule has 0 spiro atoms. The second-order valence-corrected chi connectivity index (χ2v) is 5.31. The maximum Gasteiger partial charge on any atom is 0.340 e. The second-order valence-electron chi connectivity index (χ2n) is 4.19. The summed E-state index contributed by atoms with van der Waals surface area (Å²) in [7, 11) is 3.75. The summed E-state index contributed by atoms with van der Waals surface area (Å²) in [6.45, 7) is 1.85. The van der Waals surface area contributed by atoms with Crippen LogP contribution in [0, 0.1) is 0 Å². The lowest BCUT2D eigenvalue weighted by atomic mass is 10.0. The molecular weight excluding hydrogens is 362 g/mol. The molecule has 0 amide bonds. The number of carbonyl (C=O) groups is 1. The van der Waals surface area contributed by atoms with Crippen LogP contribution in [0.3, 0.4) is 0 Å². The van der Waals surface area contributed by atoms with Gasteiger partial charge in [0.05, 0.1) is 5.56 Å². The first-order valence-electron chi connectivity index (χ1n) is 5.61. The summed E-state index contributed by atoms with van der Waals surface area (Å²) in [4.78, 5) is 14.1. The van der Waals surface area contributed by atoms with Crippen molar-refractivity contribution in [2.45, 2.75) is 23.8 Å². The van der Waals surface area contributed by atoms with Gasteiger partial charge in [0.2, 0.25) is 0 Å². The predicted octanol–water partition coefficient (Wildman–Crippen LogP) is 3.54. The van der Waals surface area contributed by atoms with Crippen molar-refractivity contribution >= 4 is 37.8 Å². The number of benzene rings is 1. The van der Waals surface area contributed by atoms with Gasteiger partial charge in [-0.15, -0.1) is 0 Å². The fraction of sp³-hybridized carbons (Fsp3) is 0.462. The number of carbonyl (C=O) groups excluding carboxylic acids is 1. The fourth-order valence-corrected chi connectivity index (χ4v) is 2.39. The van der Waals surface area contributed by atoms with E-state index < -0.39 is 0 Å². The summed E-state index contributed by atoms with van der Waals surface area (Å²) < 4.78 is 5.43. The fourth-order valence-electron chi connectivity index (χ4n) is 1.46. The van der Waals surface area contributed by atoms with Gasteiger partial charge in [0.25, 0.3) is 0 Å². The zero-order chi connectivity index (χ0) is 13.7. The first kappa shape index (κ1) is 15.7. The van der Waals surface area contributed by atoms with Crippen LogP contribution in [-0.2, 0) is 15.4 Å². The van der Waals surface area contributed by atoms with Crippen molar-refractivity contribution in [3.63, 3.8) is 0 Å². The van der Waals surface area contributed by atoms with Crippen LogP contribution >= 0.6 is 31.9 Å². The van der Waals surface area contributed by atoms with E-state index in [1.165, 1.54) is 0 Å². The van der Waals surface area contributed by atoms with E-state index in [0.717, 1.165) is 11.1 Å². The van der Waals surface area contributed by atoms with Crippen LogP contribution in [0.5, 0.6) is 0 Å². The molecule has 0 aromatic heterocycles. The van der Waals surface area contributed by atoms with E-state index >= 15 is 0 Å². The number of rotatable bonds is 5. The first-order valence-corrected chi connectivity index (χ1v) is 7.85. The van der Waals surface area contributed by atoms with Gasteiger partial charge >= 0.3 is 5.97 Å². The number of hydrogen-bond acceptors (Lipinski definition) is 3. The molecule has 1 aromatic rings. The highest BCUT2D eigenvalue weighted by molar-refractivity contribution is 9.08. The van der Waals surface area contributed by atoms with Gasteiger partial charge in [-0.3, -0.25) is 4.90 Å².